The Morgan fingerprint density at radius 1 is 0.651 bits per heavy atom. The highest BCUT2D eigenvalue weighted by Crippen LogP contribution is 2.43. The molecule has 0 radical (unpaired) electrons. The van der Waals surface area contributed by atoms with E-state index < -0.39 is 9.85 Å². The summed E-state index contributed by atoms with van der Waals surface area (Å²) in [6.45, 7) is 1.15. The third kappa shape index (κ3) is 8.30. The maximum atomic E-state index is 13.0. The number of allylic oxidation sites excluding steroid dienone is 2. The molecule has 0 fully saturated rings. The van der Waals surface area contributed by atoms with Crippen molar-refractivity contribution in [1.29, 1.82) is 0 Å². The molecule has 2 aliphatic rings. The molecular formula is C27H28N8O6S2. The normalized spacial score (nSPS) is 16.3. The number of carbonyl (C=O) groups excluding carboxylic acids is 2. The molecule has 2 aliphatic carbocycles. The van der Waals surface area contributed by atoms with Gasteiger partial charge in [0.15, 0.2) is 10.2 Å². The van der Waals surface area contributed by atoms with Crippen LogP contribution in [0.25, 0.3) is 0 Å². The van der Waals surface area contributed by atoms with Crippen LogP contribution in [0.15, 0.2) is 71.8 Å². The molecule has 0 spiro atoms. The number of nitro groups is 2. The van der Waals surface area contributed by atoms with Crippen LogP contribution < -0.4 is 31.9 Å². The monoisotopic (exact) mass is 624 g/mol. The number of fused-ring (bicyclic) bond motifs is 2. The van der Waals surface area contributed by atoms with Gasteiger partial charge in [-0.25, -0.2) is 0 Å². The van der Waals surface area contributed by atoms with Gasteiger partial charge in [-0.3, -0.25) is 29.8 Å². The summed E-state index contributed by atoms with van der Waals surface area (Å²) in [4.78, 5) is 46.6. The topological polar surface area (TPSA) is 193 Å². The Hall–Kier alpha value is -4.96. The molecule has 2 bridgehead atoms. The highest BCUT2D eigenvalue weighted by Gasteiger charge is 2.41. The van der Waals surface area contributed by atoms with Crippen molar-refractivity contribution in [3.05, 3.63) is 92.1 Å². The molecule has 0 saturated heterocycles. The van der Waals surface area contributed by atoms with E-state index in [1.807, 2.05) is 12.2 Å². The summed E-state index contributed by atoms with van der Waals surface area (Å²) in [5.41, 5.74) is 2.03. The van der Waals surface area contributed by atoms with Gasteiger partial charge in [-0.2, -0.15) is 0 Å². The van der Waals surface area contributed by atoms with E-state index in [0.29, 0.717) is 52.3 Å². The number of rotatable bonds is 12. The predicted molar refractivity (Wildman–Crippen MR) is 168 cm³/mol. The lowest BCUT2D eigenvalue weighted by molar-refractivity contribution is -0.385. The van der Waals surface area contributed by atoms with Gasteiger partial charge in [-0.15, -0.1) is 0 Å². The van der Waals surface area contributed by atoms with E-state index in [1.54, 1.807) is 24.3 Å². The quantitative estimate of drug-likeness (QED) is 0.0666. The summed E-state index contributed by atoms with van der Waals surface area (Å²) in [5, 5.41) is 39.6. The second-order valence-corrected chi connectivity index (χ2v) is 10.4. The van der Waals surface area contributed by atoms with E-state index in [2.05, 4.69) is 31.9 Å². The van der Waals surface area contributed by atoms with Gasteiger partial charge in [0.25, 0.3) is 11.4 Å². The highest BCUT2D eigenvalue weighted by atomic mass is 32.1. The minimum absolute atomic E-state index is 0.0279. The zero-order valence-electron chi connectivity index (χ0n) is 22.6. The zero-order chi connectivity index (χ0) is 30.9. The molecule has 0 unspecified atom stereocenters. The fourth-order valence-electron chi connectivity index (χ4n) is 4.69. The number of amides is 2. The number of carbonyl (C=O) groups is 2. The molecule has 0 aromatic heterocycles. The van der Waals surface area contributed by atoms with Gasteiger partial charge >= 0.3 is 0 Å². The van der Waals surface area contributed by atoms with Crippen molar-refractivity contribution in [3.8, 4) is 0 Å². The van der Waals surface area contributed by atoms with E-state index in [1.165, 1.54) is 24.3 Å². The Morgan fingerprint density at radius 2 is 1.00 bits per heavy atom. The lowest BCUT2D eigenvalue weighted by Gasteiger charge is -2.17. The van der Waals surface area contributed by atoms with Crippen LogP contribution in [0, 0.1) is 32.1 Å². The minimum atomic E-state index is -0.487. The number of thiocarbonyl (C=S) groups is 2. The van der Waals surface area contributed by atoms with Gasteiger partial charge in [0.2, 0.25) is 11.8 Å². The number of nitro benzene ring substituents is 2. The lowest BCUT2D eigenvalue weighted by Crippen LogP contribution is -2.39. The largest absolute Gasteiger partial charge is 0.361 e. The number of hydrogen-bond acceptors (Lipinski definition) is 8. The second kappa shape index (κ2) is 14.3. The van der Waals surface area contributed by atoms with E-state index in [4.69, 9.17) is 24.4 Å². The summed E-state index contributed by atoms with van der Waals surface area (Å²) in [5.74, 6) is -0.880. The summed E-state index contributed by atoms with van der Waals surface area (Å²) >= 11 is 10.5. The Labute approximate surface area is 256 Å². The average Bonchev–Trinajstić information content (AvgIpc) is 3.60. The Bertz CT molecular complexity index is 1380. The molecule has 4 rings (SSSR count). The van der Waals surface area contributed by atoms with Gasteiger partial charge in [0.05, 0.1) is 9.85 Å². The molecule has 2 amide bonds. The lowest BCUT2D eigenvalue weighted by atomic mass is 9.95. The zero-order valence-corrected chi connectivity index (χ0v) is 24.3. The van der Waals surface area contributed by atoms with Gasteiger partial charge in [0.1, 0.15) is 0 Å². The van der Waals surface area contributed by atoms with E-state index in [-0.39, 0.29) is 48.1 Å². The maximum Gasteiger partial charge on any atom is 0.269 e. The molecule has 14 nitrogen and oxygen atoms in total. The first-order valence-corrected chi connectivity index (χ1v) is 14.0. The van der Waals surface area contributed by atoms with Crippen molar-refractivity contribution in [2.75, 3.05) is 36.8 Å². The van der Waals surface area contributed by atoms with Crippen LogP contribution in [0.2, 0.25) is 0 Å². The molecule has 6 N–H and O–H groups in total. The number of nitrogens with one attached hydrogen (secondary N) is 6. The highest BCUT2D eigenvalue weighted by molar-refractivity contribution is 7.80. The summed E-state index contributed by atoms with van der Waals surface area (Å²) in [6, 6.07) is 11.6. The number of non-ortho nitro benzene ring substituents is 2. The molecule has 16 heteroatoms. The smallest absolute Gasteiger partial charge is 0.269 e. The average molecular weight is 625 g/mol. The fourth-order valence-corrected chi connectivity index (χ4v) is 5.13. The summed E-state index contributed by atoms with van der Waals surface area (Å²) < 4.78 is 0. The van der Waals surface area contributed by atoms with E-state index in [0.717, 1.165) is 0 Å². The van der Waals surface area contributed by atoms with Crippen molar-refractivity contribution in [1.82, 2.24) is 21.3 Å². The Balaban J connectivity index is 1.19. The second-order valence-electron chi connectivity index (χ2n) is 9.54. The molecule has 0 saturated carbocycles. The van der Waals surface area contributed by atoms with Gasteiger partial charge in [-0.05, 0) is 55.1 Å². The molecule has 2 atom stereocenters. The fraction of sp³-hybridized carbons (Fsp3) is 0.259. The molecular weight excluding hydrogens is 596 g/mol. The van der Waals surface area contributed by atoms with Crippen LogP contribution in [-0.2, 0) is 9.59 Å². The first kappa shape index (κ1) is 31.0. The molecule has 224 valence electrons. The van der Waals surface area contributed by atoms with Crippen molar-refractivity contribution in [2.45, 2.75) is 6.42 Å². The maximum absolute atomic E-state index is 13.0. The predicted octanol–water partition coefficient (Wildman–Crippen LogP) is 2.51. The molecule has 2 aromatic carbocycles. The van der Waals surface area contributed by atoms with Gasteiger partial charge < -0.3 is 31.9 Å². The van der Waals surface area contributed by atoms with Crippen molar-refractivity contribution < 1.29 is 19.4 Å². The third-order valence-electron chi connectivity index (χ3n) is 6.67. The molecule has 43 heavy (non-hydrogen) atoms. The van der Waals surface area contributed by atoms with E-state index >= 15 is 0 Å². The summed E-state index contributed by atoms with van der Waals surface area (Å²) in [7, 11) is 0. The molecule has 0 heterocycles. The number of hydrogen-bond donors (Lipinski definition) is 6. The van der Waals surface area contributed by atoms with Crippen LogP contribution in [0.3, 0.4) is 0 Å². The first-order chi connectivity index (χ1) is 20.6. The van der Waals surface area contributed by atoms with E-state index in [9.17, 15) is 29.8 Å². The van der Waals surface area contributed by atoms with Gasteiger partial charge in [0, 0.05) is 84.8 Å². The van der Waals surface area contributed by atoms with Crippen LogP contribution in [0.5, 0.6) is 0 Å². The van der Waals surface area contributed by atoms with Gasteiger partial charge in [-0.1, -0.05) is 12.2 Å². The van der Waals surface area contributed by atoms with Crippen molar-refractivity contribution in [3.63, 3.8) is 0 Å². The Morgan fingerprint density at radius 3 is 1.35 bits per heavy atom. The number of anilines is 2. The third-order valence-corrected chi connectivity index (χ3v) is 7.16. The molecule has 0 aliphatic heterocycles. The Kier molecular flexibility index (Phi) is 10.3. The minimum Gasteiger partial charge on any atom is -0.361 e. The van der Waals surface area contributed by atoms with Crippen LogP contribution in [0.4, 0.5) is 22.7 Å². The SMILES string of the molecule is O=C(NCCNC(=S)Nc1ccc([N+](=O)[O-])cc1)C1=C(C(=O)NCCNC(=S)Nc2ccc([N+](=O)[O-])cc2)[C@H]2C=C[C@@H]1C2. The van der Waals surface area contributed by atoms with Crippen molar-refractivity contribution >= 4 is 69.2 Å². The first-order valence-electron chi connectivity index (χ1n) is 13.2. The number of benzene rings is 2. The standard InChI is InChI=1S/C27H28N8O6S2/c36-24(28-11-13-30-26(42)32-18-3-7-20(8-4-18)34(38)39)22-16-1-2-17(15-16)23(22)25(37)29-12-14-31-27(43)33-19-5-9-21(10-6-19)35(40)41/h1-10,16-17H,11-15H2,(H,28,36)(H,29,37)(H2,30,32,42)(H2,31,33,43)/t16-,17+. The number of nitrogens with zero attached hydrogens (tertiary/aromatic N) is 2. The molecule has 2 aromatic rings. The van der Waals surface area contributed by atoms with Crippen molar-refractivity contribution in [2.24, 2.45) is 11.8 Å². The van der Waals surface area contributed by atoms with Crippen LogP contribution in [0.1, 0.15) is 6.42 Å². The summed E-state index contributed by atoms with van der Waals surface area (Å²) in [6.07, 6.45) is 4.57. The van der Waals surface area contributed by atoms with Crippen LogP contribution in [-0.4, -0.2) is 58.1 Å². The van der Waals surface area contributed by atoms with Crippen LogP contribution >= 0.6 is 24.4 Å².